The van der Waals surface area contributed by atoms with Gasteiger partial charge in [-0.15, -0.1) is 0 Å². The fraction of sp³-hybridized carbons (Fsp3) is 1.00. The molecular weight excluding hydrogens is 252 g/mol. The van der Waals surface area contributed by atoms with E-state index >= 15 is 0 Å². The lowest BCUT2D eigenvalue weighted by Gasteiger charge is -2.32. The zero-order chi connectivity index (χ0) is 13.6. The highest BCUT2D eigenvalue weighted by Crippen LogP contribution is 2.28. The first-order valence-corrected chi connectivity index (χ1v) is 8.37. The molecule has 5 nitrogen and oxygen atoms in total. The van der Waals surface area contributed by atoms with Crippen LogP contribution in [0.25, 0.3) is 0 Å². The topological polar surface area (TPSA) is 81.4 Å². The Balaban J connectivity index is 2.35. The van der Waals surface area contributed by atoms with Crippen molar-refractivity contribution in [3.05, 3.63) is 0 Å². The highest BCUT2D eigenvalue weighted by molar-refractivity contribution is 7.89. The van der Waals surface area contributed by atoms with Crippen LogP contribution in [0.15, 0.2) is 0 Å². The van der Waals surface area contributed by atoms with E-state index in [-0.39, 0.29) is 18.4 Å². The van der Waals surface area contributed by atoms with Gasteiger partial charge in [0, 0.05) is 12.6 Å². The molecule has 0 saturated heterocycles. The fourth-order valence-corrected chi connectivity index (χ4v) is 3.75. The number of nitrogens with two attached hydrogens (primary N) is 1. The van der Waals surface area contributed by atoms with Crippen molar-refractivity contribution in [3.63, 3.8) is 0 Å². The van der Waals surface area contributed by atoms with Crippen LogP contribution in [0.2, 0.25) is 0 Å². The summed E-state index contributed by atoms with van der Waals surface area (Å²) in [6.07, 6.45) is 3.13. The molecule has 18 heavy (non-hydrogen) atoms. The van der Waals surface area contributed by atoms with Gasteiger partial charge < -0.3 is 10.5 Å². The Bertz CT molecular complexity index is 332. The minimum Gasteiger partial charge on any atom is -0.379 e. The molecule has 0 heterocycles. The molecule has 108 valence electrons. The molecule has 1 aliphatic carbocycles. The second-order valence-electron chi connectivity index (χ2n) is 5.34. The Morgan fingerprint density at radius 1 is 1.28 bits per heavy atom. The van der Waals surface area contributed by atoms with Crippen LogP contribution in [-0.4, -0.2) is 40.0 Å². The third-order valence-electron chi connectivity index (χ3n) is 3.52. The molecule has 0 spiro atoms. The largest absolute Gasteiger partial charge is 0.379 e. The number of ether oxygens (including phenoxy) is 1. The molecule has 0 bridgehead atoms. The van der Waals surface area contributed by atoms with Gasteiger partial charge in [-0.2, -0.15) is 0 Å². The number of hydrogen-bond acceptors (Lipinski definition) is 4. The Kier molecular flexibility index (Phi) is 6.55. The first kappa shape index (κ1) is 15.9. The molecule has 6 heteroatoms. The van der Waals surface area contributed by atoms with Crippen LogP contribution in [0, 0.1) is 11.8 Å². The second-order valence-corrected chi connectivity index (χ2v) is 7.21. The third-order valence-corrected chi connectivity index (χ3v) is 4.89. The molecule has 1 aliphatic rings. The molecule has 3 N–H and O–H groups in total. The van der Waals surface area contributed by atoms with E-state index in [1.54, 1.807) is 0 Å². The van der Waals surface area contributed by atoms with Crippen LogP contribution in [0.1, 0.15) is 33.1 Å². The van der Waals surface area contributed by atoms with Crippen molar-refractivity contribution < 1.29 is 13.2 Å². The van der Waals surface area contributed by atoms with E-state index in [2.05, 4.69) is 18.6 Å². The summed E-state index contributed by atoms with van der Waals surface area (Å²) in [7, 11) is -3.23. The van der Waals surface area contributed by atoms with Crippen molar-refractivity contribution in [2.24, 2.45) is 17.6 Å². The van der Waals surface area contributed by atoms with Crippen LogP contribution in [-0.2, 0) is 14.8 Å². The van der Waals surface area contributed by atoms with Crippen molar-refractivity contribution in [3.8, 4) is 0 Å². The highest BCUT2D eigenvalue weighted by atomic mass is 32.2. The first-order valence-electron chi connectivity index (χ1n) is 6.72. The van der Waals surface area contributed by atoms with Crippen molar-refractivity contribution in [1.82, 2.24) is 4.72 Å². The van der Waals surface area contributed by atoms with E-state index in [4.69, 9.17) is 10.5 Å². The van der Waals surface area contributed by atoms with E-state index in [9.17, 15) is 8.42 Å². The smallest absolute Gasteiger partial charge is 0.214 e. The summed E-state index contributed by atoms with van der Waals surface area (Å²) >= 11 is 0. The standard InChI is InChI=1S/C12H26N2O3S/c1-10-3-4-12(11(2)9-10)14-18(15,16)8-7-17-6-5-13/h10-12,14H,3-9,13H2,1-2H3. The van der Waals surface area contributed by atoms with Crippen LogP contribution >= 0.6 is 0 Å². The quantitative estimate of drug-likeness (QED) is 0.672. The zero-order valence-electron chi connectivity index (χ0n) is 11.4. The third kappa shape index (κ3) is 5.65. The van der Waals surface area contributed by atoms with Gasteiger partial charge in [-0.25, -0.2) is 13.1 Å². The molecular formula is C12H26N2O3S. The Morgan fingerprint density at radius 2 is 2.00 bits per heavy atom. The van der Waals surface area contributed by atoms with Gasteiger partial charge in [0.05, 0.1) is 19.0 Å². The Hall–Kier alpha value is -0.170. The van der Waals surface area contributed by atoms with Crippen molar-refractivity contribution in [2.75, 3.05) is 25.5 Å². The molecule has 0 radical (unpaired) electrons. The van der Waals surface area contributed by atoms with Crippen LogP contribution in [0.3, 0.4) is 0 Å². The normalized spacial score (nSPS) is 29.4. The minimum atomic E-state index is -3.23. The summed E-state index contributed by atoms with van der Waals surface area (Å²) in [5.74, 6) is 1.13. The maximum Gasteiger partial charge on any atom is 0.214 e. The lowest BCUT2D eigenvalue weighted by Crippen LogP contribution is -2.43. The number of hydrogen-bond donors (Lipinski definition) is 2. The van der Waals surface area contributed by atoms with Gasteiger partial charge >= 0.3 is 0 Å². The van der Waals surface area contributed by atoms with E-state index in [0.717, 1.165) is 19.3 Å². The predicted molar refractivity (Wildman–Crippen MR) is 72.8 cm³/mol. The maximum atomic E-state index is 11.9. The van der Waals surface area contributed by atoms with Crippen molar-refractivity contribution in [1.29, 1.82) is 0 Å². The fourth-order valence-electron chi connectivity index (χ4n) is 2.48. The predicted octanol–water partition coefficient (Wildman–Crippen LogP) is 0.706. The lowest BCUT2D eigenvalue weighted by atomic mass is 9.80. The minimum absolute atomic E-state index is 0.0196. The average Bonchev–Trinajstić information content (AvgIpc) is 2.28. The molecule has 1 saturated carbocycles. The van der Waals surface area contributed by atoms with Gasteiger partial charge in [0.2, 0.25) is 10.0 Å². The molecule has 3 atom stereocenters. The number of sulfonamides is 1. The summed E-state index contributed by atoms with van der Waals surface area (Å²) in [5.41, 5.74) is 5.27. The van der Waals surface area contributed by atoms with Gasteiger partial charge in [-0.3, -0.25) is 0 Å². The molecule has 0 aliphatic heterocycles. The lowest BCUT2D eigenvalue weighted by molar-refractivity contribution is 0.156. The van der Waals surface area contributed by atoms with Gasteiger partial charge in [-0.05, 0) is 31.1 Å². The zero-order valence-corrected chi connectivity index (χ0v) is 12.2. The SMILES string of the molecule is CC1CCC(NS(=O)(=O)CCOCCN)C(C)C1. The highest BCUT2D eigenvalue weighted by Gasteiger charge is 2.28. The summed E-state index contributed by atoms with van der Waals surface area (Å²) in [6, 6.07) is 0.0840. The van der Waals surface area contributed by atoms with E-state index < -0.39 is 10.0 Å². The number of rotatable bonds is 7. The summed E-state index contributed by atoms with van der Waals surface area (Å²) in [6.45, 7) is 5.39. The molecule has 3 unspecified atom stereocenters. The molecule has 0 aromatic rings. The Morgan fingerprint density at radius 3 is 2.61 bits per heavy atom. The summed E-state index contributed by atoms with van der Waals surface area (Å²) in [4.78, 5) is 0. The number of nitrogens with one attached hydrogen (secondary N) is 1. The first-order chi connectivity index (χ1) is 8.44. The van der Waals surface area contributed by atoms with Crippen LogP contribution < -0.4 is 10.5 Å². The van der Waals surface area contributed by atoms with E-state index in [0.29, 0.717) is 25.0 Å². The molecule has 0 aromatic heterocycles. The molecule has 1 rings (SSSR count). The van der Waals surface area contributed by atoms with E-state index in [1.165, 1.54) is 0 Å². The molecule has 0 amide bonds. The average molecular weight is 278 g/mol. The Labute approximate surface area is 111 Å². The van der Waals surface area contributed by atoms with Crippen molar-refractivity contribution in [2.45, 2.75) is 39.2 Å². The van der Waals surface area contributed by atoms with Gasteiger partial charge in [0.15, 0.2) is 0 Å². The van der Waals surface area contributed by atoms with Crippen molar-refractivity contribution >= 4 is 10.0 Å². The second kappa shape index (κ2) is 7.43. The molecule has 0 aromatic carbocycles. The van der Waals surface area contributed by atoms with Crippen LogP contribution in [0.5, 0.6) is 0 Å². The van der Waals surface area contributed by atoms with Gasteiger partial charge in [-0.1, -0.05) is 13.8 Å². The summed E-state index contributed by atoms with van der Waals surface area (Å²) < 4.78 is 31.6. The van der Waals surface area contributed by atoms with Gasteiger partial charge in [0.1, 0.15) is 0 Å². The summed E-state index contributed by atoms with van der Waals surface area (Å²) in [5, 5.41) is 0. The maximum absolute atomic E-state index is 11.9. The molecule has 1 fully saturated rings. The monoisotopic (exact) mass is 278 g/mol. The van der Waals surface area contributed by atoms with Crippen LogP contribution in [0.4, 0.5) is 0 Å². The van der Waals surface area contributed by atoms with Gasteiger partial charge in [0.25, 0.3) is 0 Å². The van der Waals surface area contributed by atoms with E-state index in [1.807, 2.05) is 0 Å².